The number of hydrogen-bond donors (Lipinski definition) is 1. The van der Waals surface area contributed by atoms with Gasteiger partial charge in [0.25, 0.3) is 0 Å². The Morgan fingerprint density at radius 3 is 2.65 bits per heavy atom. The molecule has 0 spiro atoms. The molecule has 3 nitrogen and oxygen atoms in total. The molecule has 20 heavy (non-hydrogen) atoms. The SMILES string of the molecule is CCOc1ccc(C2C(CNC)CCCCN2C)cc1. The minimum absolute atomic E-state index is 0.514. The zero-order valence-electron chi connectivity index (χ0n) is 13.1. The average Bonchev–Trinajstić information content (AvgIpc) is 2.63. The summed E-state index contributed by atoms with van der Waals surface area (Å²) in [5.41, 5.74) is 1.41. The van der Waals surface area contributed by atoms with Crippen LogP contribution in [0.3, 0.4) is 0 Å². The molecule has 1 fully saturated rings. The van der Waals surface area contributed by atoms with E-state index in [1.54, 1.807) is 0 Å². The van der Waals surface area contributed by atoms with Gasteiger partial charge in [0.05, 0.1) is 6.61 Å². The first-order valence-electron chi connectivity index (χ1n) is 7.83. The van der Waals surface area contributed by atoms with E-state index in [0.717, 1.165) is 18.9 Å². The van der Waals surface area contributed by atoms with Crippen molar-refractivity contribution in [3.05, 3.63) is 29.8 Å². The second-order valence-electron chi connectivity index (χ2n) is 5.74. The first-order valence-corrected chi connectivity index (χ1v) is 7.83. The maximum atomic E-state index is 5.55. The van der Waals surface area contributed by atoms with Crippen LogP contribution < -0.4 is 10.1 Å². The van der Waals surface area contributed by atoms with E-state index in [0.29, 0.717) is 12.0 Å². The number of likely N-dealkylation sites (tertiary alicyclic amines) is 1. The highest BCUT2D eigenvalue weighted by atomic mass is 16.5. The van der Waals surface area contributed by atoms with E-state index in [1.165, 1.54) is 31.4 Å². The third-order valence-corrected chi connectivity index (χ3v) is 4.26. The largest absolute Gasteiger partial charge is 0.494 e. The Morgan fingerprint density at radius 1 is 1.25 bits per heavy atom. The number of nitrogens with zero attached hydrogens (tertiary/aromatic N) is 1. The molecule has 2 rings (SSSR count). The van der Waals surface area contributed by atoms with Gasteiger partial charge in [-0.05, 0) is 70.6 Å². The Hall–Kier alpha value is -1.06. The molecular weight excluding hydrogens is 248 g/mol. The Labute approximate surface area is 123 Å². The van der Waals surface area contributed by atoms with Crippen molar-refractivity contribution in [2.75, 3.05) is 33.8 Å². The van der Waals surface area contributed by atoms with Gasteiger partial charge in [-0.3, -0.25) is 4.90 Å². The third kappa shape index (κ3) is 3.74. The normalized spacial score (nSPS) is 24.4. The second-order valence-corrected chi connectivity index (χ2v) is 5.74. The smallest absolute Gasteiger partial charge is 0.119 e. The van der Waals surface area contributed by atoms with Crippen LogP contribution in [-0.4, -0.2) is 38.7 Å². The molecule has 1 N–H and O–H groups in total. The molecule has 1 aliphatic heterocycles. The molecule has 0 amide bonds. The van der Waals surface area contributed by atoms with E-state index in [2.05, 4.69) is 48.6 Å². The van der Waals surface area contributed by atoms with E-state index in [-0.39, 0.29) is 0 Å². The lowest BCUT2D eigenvalue weighted by Gasteiger charge is -2.33. The van der Waals surface area contributed by atoms with Crippen molar-refractivity contribution < 1.29 is 4.74 Å². The van der Waals surface area contributed by atoms with Gasteiger partial charge >= 0.3 is 0 Å². The summed E-state index contributed by atoms with van der Waals surface area (Å²) in [6.45, 7) is 5.03. The van der Waals surface area contributed by atoms with Crippen LogP contribution in [0.4, 0.5) is 0 Å². The van der Waals surface area contributed by atoms with Gasteiger partial charge in [0.2, 0.25) is 0 Å². The van der Waals surface area contributed by atoms with Gasteiger partial charge in [0.1, 0.15) is 5.75 Å². The summed E-state index contributed by atoms with van der Waals surface area (Å²) in [7, 11) is 4.31. The molecule has 1 aliphatic rings. The fourth-order valence-corrected chi connectivity index (χ4v) is 3.35. The summed E-state index contributed by atoms with van der Waals surface area (Å²) < 4.78 is 5.55. The molecule has 0 radical (unpaired) electrons. The predicted octanol–water partition coefficient (Wildman–Crippen LogP) is 3.08. The molecule has 0 aromatic heterocycles. The van der Waals surface area contributed by atoms with E-state index in [4.69, 9.17) is 4.74 Å². The van der Waals surface area contributed by atoms with E-state index in [9.17, 15) is 0 Å². The van der Waals surface area contributed by atoms with E-state index in [1.807, 2.05) is 6.92 Å². The molecule has 0 saturated carbocycles. The first kappa shape index (κ1) is 15.3. The van der Waals surface area contributed by atoms with E-state index < -0.39 is 0 Å². The second kappa shape index (κ2) is 7.65. The zero-order valence-corrected chi connectivity index (χ0v) is 13.1. The Balaban J connectivity index is 2.19. The third-order valence-electron chi connectivity index (χ3n) is 4.26. The van der Waals surface area contributed by atoms with Crippen LogP contribution in [-0.2, 0) is 0 Å². The number of rotatable bonds is 5. The topological polar surface area (TPSA) is 24.5 Å². The maximum Gasteiger partial charge on any atom is 0.119 e. The van der Waals surface area contributed by atoms with Gasteiger partial charge in [0, 0.05) is 6.04 Å². The molecule has 1 aromatic rings. The first-order chi connectivity index (χ1) is 9.76. The van der Waals surface area contributed by atoms with Crippen LogP contribution in [0, 0.1) is 5.92 Å². The van der Waals surface area contributed by atoms with Crippen LogP contribution in [0.1, 0.15) is 37.8 Å². The molecule has 3 heteroatoms. The lowest BCUT2D eigenvalue weighted by molar-refractivity contribution is 0.191. The Morgan fingerprint density at radius 2 is 2.00 bits per heavy atom. The number of nitrogens with one attached hydrogen (secondary N) is 1. The summed E-state index contributed by atoms with van der Waals surface area (Å²) in [6, 6.07) is 9.20. The van der Waals surface area contributed by atoms with Crippen LogP contribution >= 0.6 is 0 Å². The van der Waals surface area contributed by atoms with Crippen molar-refractivity contribution in [1.82, 2.24) is 10.2 Å². The fraction of sp³-hybridized carbons (Fsp3) is 0.647. The van der Waals surface area contributed by atoms with Crippen molar-refractivity contribution in [1.29, 1.82) is 0 Å². The lowest BCUT2D eigenvalue weighted by atomic mass is 9.89. The number of hydrogen-bond acceptors (Lipinski definition) is 3. The minimum Gasteiger partial charge on any atom is -0.494 e. The Bertz CT molecular complexity index is 390. The predicted molar refractivity (Wildman–Crippen MR) is 84.2 cm³/mol. The van der Waals surface area contributed by atoms with Crippen LogP contribution in [0.15, 0.2) is 24.3 Å². The highest BCUT2D eigenvalue weighted by Crippen LogP contribution is 2.34. The van der Waals surface area contributed by atoms with Crippen molar-refractivity contribution in [3.63, 3.8) is 0 Å². The number of benzene rings is 1. The van der Waals surface area contributed by atoms with Gasteiger partial charge < -0.3 is 10.1 Å². The molecule has 1 aromatic carbocycles. The standard InChI is InChI=1S/C17H28N2O/c1-4-20-16-10-8-14(9-11-16)17-15(13-18-2)7-5-6-12-19(17)3/h8-11,15,17-18H,4-7,12-13H2,1-3H3. The van der Waals surface area contributed by atoms with Gasteiger partial charge in [-0.25, -0.2) is 0 Å². The summed E-state index contributed by atoms with van der Waals surface area (Å²) in [5.74, 6) is 1.66. The van der Waals surface area contributed by atoms with Crippen molar-refractivity contribution >= 4 is 0 Å². The summed E-state index contributed by atoms with van der Waals surface area (Å²) in [6.07, 6.45) is 3.96. The van der Waals surface area contributed by atoms with Gasteiger partial charge in [-0.1, -0.05) is 18.6 Å². The fourth-order valence-electron chi connectivity index (χ4n) is 3.35. The van der Waals surface area contributed by atoms with Gasteiger partial charge in [-0.2, -0.15) is 0 Å². The number of ether oxygens (including phenoxy) is 1. The van der Waals surface area contributed by atoms with Crippen molar-refractivity contribution in [2.24, 2.45) is 5.92 Å². The lowest BCUT2D eigenvalue weighted by Crippen LogP contribution is -2.33. The average molecular weight is 276 g/mol. The molecular formula is C17H28N2O. The highest BCUT2D eigenvalue weighted by Gasteiger charge is 2.28. The monoisotopic (exact) mass is 276 g/mol. The Kier molecular flexibility index (Phi) is 5.86. The quantitative estimate of drug-likeness (QED) is 0.894. The van der Waals surface area contributed by atoms with Crippen molar-refractivity contribution in [3.8, 4) is 5.75 Å². The molecule has 2 atom stereocenters. The van der Waals surface area contributed by atoms with Crippen LogP contribution in [0.5, 0.6) is 5.75 Å². The molecule has 0 aliphatic carbocycles. The maximum absolute atomic E-state index is 5.55. The minimum atomic E-state index is 0.514. The summed E-state index contributed by atoms with van der Waals surface area (Å²) in [4.78, 5) is 2.52. The van der Waals surface area contributed by atoms with Crippen LogP contribution in [0.25, 0.3) is 0 Å². The summed E-state index contributed by atoms with van der Waals surface area (Å²) >= 11 is 0. The van der Waals surface area contributed by atoms with Crippen molar-refractivity contribution in [2.45, 2.75) is 32.2 Å². The molecule has 0 bridgehead atoms. The molecule has 2 unspecified atom stereocenters. The van der Waals surface area contributed by atoms with Gasteiger partial charge in [-0.15, -0.1) is 0 Å². The molecule has 112 valence electrons. The zero-order chi connectivity index (χ0) is 14.4. The van der Waals surface area contributed by atoms with Crippen LogP contribution in [0.2, 0.25) is 0 Å². The summed E-state index contributed by atoms with van der Waals surface area (Å²) in [5, 5.41) is 3.37. The molecule has 1 heterocycles. The van der Waals surface area contributed by atoms with Gasteiger partial charge in [0.15, 0.2) is 0 Å². The molecule has 1 saturated heterocycles. The highest BCUT2D eigenvalue weighted by molar-refractivity contribution is 5.29. The van der Waals surface area contributed by atoms with E-state index >= 15 is 0 Å².